The fraction of sp³-hybridized carbons (Fsp3) is 0.458. The molecule has 0 radical (unpaired) electrons. The zero-order valence-corrected chi connectivity index (χ0v) is 20.1. The van der Waals surface area contributed by atoms with E-state index in [9.17, 15) is 13.2 Å². The van der Waals surface area contributed by atoms with Crippen LogP contribution in [0.1, 0.15) is 17.5 Å². The van der Waals surface area contributed by atoms with E-state index in [1.54, 1.807) is 18.2 Å². The van der Waals surface area contributed by atoms with Crippen molar-refractivity contribution in [1.29, 1.82) is 0 Å². The number of anilines is 1. The summed E-state index contributed by atoms with van der Waals surface area (Å²) in [6.45, 7) is 9.07. The van der Waals surface area contributed by atoms with Gasteiger partial charge in [0, 0.05) is 45.5 Å². The topological polar surface area (TPSA) is 73.0 Å². The second-order valence-corrected chi connectivity index (χ2v) is 10.4. The molecule has 1 fully saturated rings. The van der Waals surface area contributed by atoms with Crippen molar-refractivity contribution >= 4 is 21.6 Å². The lowest BCUT2D eigenvalue weighted by molar-refractivity contribution is -0.121. The van der Waals surface area contributed by atoms with Gasteiger partial charge in [-0.2, -0.15) is 4.31 Å². The largest absolute Gasteiger partial charge is 0.369 e. The zero-order chi connectivity index (χ0) is 23.1. The highest BCUT2D eigenvalue weighted by Gasteiger charge is 2.23. The Morgan fingerprint density at radius 2 is 1.69 bits per heavy atom. The first-order valence-corrected chi connectivity index (χ1v) is 12.5. The Bertz CT molecular complexity index is 1000. The Hall–Kier alpha value is -2.42. The average molecular weight is 459 g/mol. The number of likely N-dealkylation sites (N-methyl/N-ethyl adjacent to an activating group) is 1. The molecule has 8 heteroatoms. The standard InChI is InChI=1S/C24H34N4O3S/c1-20-10-11-23(18-21(20)2)32(30,31)26(3)19-24(29)25-12-7-13-27-14-16-28(17-15-27)22-8-5-4-6-9-22/h4-6,8-11,18H,7,12-17,19H2,1-3H3,(H,25,29). The Labute approximate surface area is 192 Å². The van der Waals surface area contributed by atoms with Crippen LogP contribution < -0.4 is 10.2 Å². The summed E-state index contributed by atoms with van der Waals surface area (Å²) in [6.07, 6.45) is 0.838. The first kappa shape index (κ1) is 24.2. The van der Waals surface area contributed by atoms with Gasteiger partial charge in [0.15, 0.2) is 0 Å². The molecule has 1 aliphatic rings. The molecule has 1 saturated heterocycles. The number of rotatable bonds is 9. The van der Waals surface area contributed by atoms with E-state index in [2.05, 4.69) is 39.4 Å². The molecule has 0 atom stereocenters. The fourth-order valence-corrected chi connectivity index (χ4v) is 5.01. The van der Waals surface area contributed by atoms with Crippen LogP contribution in [0.15, 0.2) is 53.4 Å². The van der Waals surface area contributed by atoms with Crippen molar-refractivity contribution in [1.82, 2.24) is 14.5 Å². The molecule has 0 aromatic heterocycles. The highest BCUT2D eigenvalue weighted by atomic mass is 32.2. The highest BCUT2D eigenvalue weighted by Crippen LogP contribution is 2.18. The third-order valence-electron chi connectivity index (χ3n) is 6.02. The van der Waals surface area contributed by atoms with Crippen molar-refractivity contribution < 1.29 is 13.2 Å². The summed E-state index contributed by atoms with van der Waals surface area (Å²) >= 11 is 0. The maximum Gasteiger partial charge on any atom is 0.243 e. The van der Waals surface area contributed by atoms with E-state index in [1.165, 1.54) is 12.7 Å². The number of aryl methyl sites for hydroxylation is 2. The number of benzene rings is 2. The van der Waals surface area contributed by atoms with Crippen LogP contribution in [0.5, 0.6) is 0 Å². The van der Waals surface area contributed by atoms with E-state index in [1.807, 2.05) is 19.9 Å². The predicted octanol–water partition coefficient (Wildman–Crippen LogP) is 2.25. The minimum atomic E-state index is -3.69. The van der Waals surface area contributed by atoms with Gasteiger partial charge >= 0.3 is 0 Å². The number of carbonyl (C=O) groups excluding carboxylic acids is 1. The summed E-state index contributed by atoms with van der Waals surface area (Å²) in [7, 11) is -2.25. The van der Waals surface area contributed by atoms with E-state index in [0.717, 1.165) is 54.6 Å². The zero-order valence-electron chi connectivity index (χ0n) is 19.3. The van der Waals surface area contributed by atoms with E-state index in [4.69, 9.17) is 0 Å². The summed E-state index contributed by atoms with van der Waals surface area (Å²) in [5.41, 5.74) is 3.21. The molecule has 32 heavy (non-hydrogen) atoms. The molecule has 0 saturated carbocycles. The number of amides is 1. The quantitative estimate of drug-likeness (QED) is 0.584. The highest BCUT2D eigenvalue weighted by molar-refractivity contribution is 7.89. The number of carbonyl (C=O) groups is 1. The summed E-state index contributed by atoms with van der Waals surface area (Å²) < 4.78 is 26.6. The van der Waals surface area contributed by atoms with Gasteiger partial charge in [0.25, 0.3) is 0 Å². The number of hydrogen-bond acceptors (Lipinski definition) is 5. The van der Waals surface area contributed by atoms with Crippen molar-refractivity contribution in [2.45, 2.75) is 25.2 Å². The SMILES string of the molecule is Cc1ccc(S(=O)(=O)N(C)CC(=O)NCCCN2CCN(c3ccccc3)CC2)cc1C. The molecular weight excluding hydrogens is 424 g/mol. The first-order valence-electron chi connectivity index (χ1n) is 11.1. The smallest absolute Gasteiger partial charge is 0.243 e. The van der Waals surface area contributed by atoms with E-state index >= 15 is 0 Å². The number of sulfonamides is 1. The molecule has 1 amide bonds. The first-order chi connectivity index (χ1) is 15.3. The van der Waals surface area contributed by atoms with Crippen molar-refractivity contribution in [3.63, 3.8) is 0 Å². The molecule has 1 N–H and O–H groups in total. The summed E-state index contributed by atoms with van der Waals surface area (Å²) in [4.78, 5) is 17.3. The lowest BCUT2D eigenvalue weighted by atomic mass is 10.1. The van der Waals surface area contributed by atoms with Crippen LogP contribution >= 0.6 is 0 Å². The van der Waals surface area contributed by atoms with Crippen LogP contribution in [-0.4, -0.2) is 76.4 Å². The molecule has 2 aromatic rings. The Morgan fingerprint density at radius 3 is 2.34 bits per heavy atom. The second-order valence-electron chi connectivity index (χ2n) is 8.37. The molecule has 1 heterocycles. The molecule has 174 valence electrons. The van der Waals surface area contributed by atoms with Crippen LogP contribution in [-0.2, 0) is 14.8 Å². The fourth-order valence-electron chi connectivity index (χ4n) is 3.80. The van der Waals surface area contributed by atoms with Gasteiger partial charge < -0.3 is 10.2 Å². The van der Waals surface area contributed by atoms with Crippen LogP contribution in [0.25, 0.3) is 0 Å². The number of nitrogens with zero attached hydrogens (tertiary/aromatic N) is 3. The van der Waals surface area contributed by atoms with Crippen LogP contribution in [0.2, 0.25) is 0 Å². The normalized spacial score (nSPS) is 15.2. The molecule has 3 rings (SSSR count). The third kappa shape index (κ3) is 6.31. The van der Waals surface area contributed by atoms with E-state index in [-0.39, 0.29) is 17.3 Å². The van der Waals surface area contributed by atoms with Crippen LogP contribution in [0.3, 0.4) is 0 Å². The van der Waals surface area contributed by atoms with E-state index < -0.39 is 10.0 Å². The molecule has 0 spiro atoms. The van der Waals surface area contributed by atoms with Gasteiger partial charge in [-0.25, -0.2) is 8.42 Å². The van der Waals surface area contributed by atoms with E-state index in [0.29, 0.717) is 6.54 Å². The lowest BCUT2D eigenvalue weighted by Crippen LogP contribution is -2.47. The molecular formula is C24H34N4O3S. The van der Waals surface area contributed by atoms with Crippen LogP contribution in [0, 0.1) is 13.8 Å². The minimum Gasteiger partial charge on any atom is -0.369 e. The summed E-state index contributed by atoms with van der Waals surface area (Å²) in [5, 5.41) is 2.85. The Morgan fingerprint density at radius 1 is 1.00 bits per heavy atom. The molecule has 0 bridgehead atoms. The van der Waals surface area contributed by atoms with Crippen molar-refractivity contribution in [2.24, 2.45) is 0 Å². The van der Waals surface area contributed by atoms with Gasteiger partial charge in [-0.3, -0.25) is 9.69 Å². The lowest BCUT2D eigenvalue weighted by Gasteiger charge is -2.36. The molecule has 7 nitrogen and oxygen atoms in total. The van der Waals surface area contributed by atoms with Gasteiger partial charge in [-0.05, 0) is 62.2 Å². The van der Waals surface area contributed by atoms with Gasteiger partial charge in [-0.1, -0.05) is 24.3 Å². The predicted molar refractivity (Wildman–Crippen MR) is 128 cm³/mol. The van der Waals surface area contributed by atoms with Gasteiger partial charge in [0.1, 0.15) is 0 Å². The van der Waals surface area contributed by atoms with Crippen LogP contribution in [0.4, 0.5) is 5.69 Å². The summed E-state index contributed by atoms with van der Waals surface area (Å²) in [6, 6.07) is 15.5. The van der Waals surface area contributed by atoms with Crippen molar-refractivity contribution in [3.05, 3.63) is 59.7 Å². The number of piperazine rings is 1. The van der Waals surface area contributed by atoms with Gasteiger partial charge in [0.2, 0.25) is 15.9 Å². The number of hydrogen-bond donors (Lipinski definition) is 1. The Kier molecular flexibility index (Phi) is 8.28. The summed E-state index contributed by atoms with van der Waals surface area (Å²) in [5.74, 6) is -0.284. The van der Waals surface area contributed by atoms with Gasteiger partial charge in [0.05, 0.1) is 11.4 Å². The average Bonchev–Trinajstić information content (AvgIpc) is 2.79. The number of para-hydroxylation sites is 1. The molecule has 0 unspecified atom stereocenters. The molecule has 0 aliphatic carbocycles. The third-order valence-corrected chi connectivity index (χ3v) is 7.82. The van der Waals surface area contributed by atoms with Gasteiger partial charge in [-0.15, -0.1) is 0 Å². The monoisotopic (exact) mass is 458 g/mol. The second kappa shape index (κ2) is 10.9. The maximum atomic E-state index is 12.7. The molecule has 1 aliphatic heterocycles. The molecule has 2 aromatic carbocycles. The number of nitrogens with one attached hydrogen (secondary N) is 1. The van der Waals surface area contributed by atoms with Crippen molar-refractivity contribution in [2.75, 3.05) is 57.8 Å². The van der Waals surface area contributed by atoms with Crippen molar-refractivity contribution in [3.8, 4) is 0 Å². The Balaban J connectivity index is 1.37. The maximum absolute atomic E-state index is 12.7. The minimum absolute atomic E-state index is 0.189.